The molecule has 3 N–H and O–H groups in total. The number of nitrogens with one attached hydrogen (secondary N) is 1. The van der Waals surface area contributed by atoms with Crippen LogP contribution in [0.25, 0.3) is 0 Å². The van der Waals surface area contributed by atoms with Crippen molar-refractivity contribution in [2.45, 2.75) is 38.3 Å². The van der Waals surface area contributed by atoms with E-state index in [-0.39, 0.29) is 24.1 Å². The van der Waals surface area contributed by atoms with Crippen LogP contribution in [-0.4, -0.2) is 38.4 Å². The largest absolute Gasteiger partial charge is 0.469 e. The summed E-state index contributed by atoms with van der Waals surface area (Å²) in [7, 11) is -3.09. The zero-order valence-corrected chi connectivity index (χ0v) is 12.7. The highest BCUT2D eigenvalue weighted by Gasteiger charge is 2.17. The Bertz CT molecular complexity index is 510. The van der Waals surface area contributed by atoms with Crippen LogP contribution in [0, 0.1) is 0 Å². The van der Waals surface area contributed by atoms with Gasteiger partial charge in [-0.05, 0) is 31.9 Å². The Morgan fingerprint density at radius 2 is 2.15 bits per heavy atom. The second-order valence-electron chi connectivity index (χ2n) is 5.05. The highest BCUT2D eigenvalue weighted by molar-refractivity contribution is 7.90. The van der Waals surface area contributed by atoms with Gasteiger partial charge in [-0.25, -0.2) is 8.42 Å². The van der Waals surface area contributed by atoms with Gasteiger partial charge in [0, 0.05) is 18.7 Å². The van der Waals surface area contributed by atoms with Gasteiger partial charge >= 0.3 is 0 Å². The smallest absolute Gasteiger partial charge is 0.237 e. The van der Waals surface area contributed by atoms with Gasteiger partial charge < -0.3 is 15.5 Å². The number of rotatable bonds is 8. The zero-order chi connectivity index (χ0) is 15.2. The number of furan rings is 1. The minimum atomic E-state index is -3.09. The van der Waals surface area contributed by atoms with Crippen molar-refractivity contribution in [1.82, 2.24) is 5.32 Å². The first-order chi connectivity index (χ1) is 9.28. The van der Waals surface area contributed by atoms with Crippen LogP contribution in [0.3, 0.4) is 0 Å². The summed E-state index contributed by atoms with van der Waals surface area (Å²) in [5.74, 6) is 0.468. The minimum Gasteiger partial charge on any atom is -0.469 e. The third-order valence-electron chi connectivity index (χ3n) is 2.93. The fourth-order valence-corrected chi connectivity index (χ4v) is 2.39. The summed E-state index contributed by atoms with van der Waals surface area (Å²) in [6.07, 6.45) is 4.34. The Kier molecular flexibility index (Phi) is 6.22. The third-order valence-corrected chi connectivity index (χ3v) is 3.91. The van der Waals surface area contributed by atoms with E-state index in [1.807, 2.05) is 19.1 Å². The molecule has 0 fully saturated rings. The molecule has 114 valence electrons. The first kappa shape index (κ1) is 16.7. The Hall–Kier alpha value is -1.34. The summed E-state index contributed by atoms with van der Waals surface area (Å²) in [6.45, 7) is 1.88. The van der Waals surface area contributed by atoms with Crippen LogP contribution >= 0.6 is 0 Å². The third kappa shape index (κ3) is 6.72. The molecule has 1 rings (SSSR count). The van der Waals surface area contributed by atoms with Crippen LogP contribution in [0.5, 0.6) is 0 Å². The highest BCUT2D eigenvalue weighted by atomic mass is 32.2. The van der Waals surface area contributed by atoms with Crippen LogP contribution < -0.4 is 11.1 Å². The highest BCUT2D eigenvalue weighted by Crippen LogP contribution is 2.06. The molecule has 0 aliphatic heterocycles. The van der Waals surface area contributed by atoms with E-state index in [1.165, 1.54) is 0 Å². The molecule has 6 nitrogen and oxygen atoms in total. The minimum absolute atomic E-state index is 0.0446. The first-order valence-corrected chi connectivity index (χ1v) is 8.60. The van der Waals surface area contributed by atoms with Crippen LogP contribution in [0.4, 0.5) is 0 Å². The second-order valence-corrected chi connectivity index (χ2v) is 7.31. The Labute approximate surface area is 119 Å². The fourth-order valence-electron chi connectivity index (χ4n) is 1.71. The lowest BCUT2D eigenvalue weighted by Gasteiger charge is -2.17. The molecule has 2 unspecified atom stereocenters. The standard InChI is InChI=1S/C13H22N2O4S/c1-10(5-6-11-4-3-8-19-11)15-13(16)12(14)7-9-20(2,17)18/h3-4,8,10,12H,5-7,9,14H2,1-2H3,(H,15,16). The van der Waals surface area contributed by atoms with Crippen molar-refractivity contribution in [3.63, 3.8) is 0 Å². The van der Waals surface area contributed by atoms with E-state index in [2.05, 4.69) is 5.32 Å². The van der Waals surface area contributed by atoms with E-state index in [1.54, 1.807) is 6.26 Å². The predicted octanol–water partition coefficient (Wildman–Crippen LogP) is 0.479. The monoisotopic (exact) mass is 302 g/mol. The molecular formula is C13H22N2O4S. The lowest BCUT2D eigenvalue weighted by atomic mass is 10.1. The average molecular weight is 302 g/mol. The van der Waals surface area contributed by atoms with Gasteiger partial charge in [0.2, 0.25) is 5.91 Å². The summed E-state index contributed by atoms with van der Waals surface area (Å²) < 4.78 is 27.2. The normalized spacial score (nSPS) is 14.8. The molecule has 1 aromatic heterocycles. The van der Waals surface area contributed by atoms with Gasteiger partial charge in [0.1, 0.15) is 15.6 Å². The topological polar surface area (TPSA) is 102 Å². The van der Waals surface area contributed by atoms with Crippen molar-refractivity contribution in [3.8, 4) is 0 Å². The van der Waals surface area contributed by atoms with Gasteiger partial charge in [0.15, 0.2) is 0 Å². The lowest BCUT2D eigenvalue weighted by molar-refractivity contribution is -0.123. The molecule has 1 heterocycles. The van der Waals surface area contributed by atoms with Gasteiger partial charge in [0.25, 0.3) is 0 Å². The van der Waals surface area contributed by atoms with E-state index < -0.39 is 15.9 Å². The molecule has 20 heavy (non-hydrogen) atoms. The van der Waals surface area contributed by atoms with Crippen molar-refractivity contribution >= 4 is 15.7 Å². The lowest BCUT2D eigenvalue weighted by Crippen LogP contribution is -2.45. The van der Waals surface area contributed by atoms with Crippen LogP contribution in [0.1, 0.15) is 25.5 Å². The quantitative estimate of drug-likeness (QED) is 0.727. The summed E-state index contributed by atoms with van der Waals surface area (Å²) in [6, 6.07) is 2.86. The Morgan fingerprint density at radius 1 is 1.45 bits per heavy atom. The van der Waals surface area contributed by atoms with E-state index in [0.29, 0.717) is 0 Å². The van der Waals surface area contributed by atoms with Crippen molar-refractivity contribution in [2.24, 2.45) is 5.73 Å². The molecule has 2 atom stereocenters. The van der Waals surface area contributed by atoms with Gasteiger partial charge in [-0.2, -0.15) is 0 Å². The molecule has 0 aliphatic carbocycles. The van der Waals surface area contributed by atoms with Crippen molar-refractivity contribution in [3.05, 3.63) is 24.2 Å². The van der Waals surface area contributed by atoms with Crippen LogP contribution in [0.2, 0.25) is 0 Å². The first-order valence-electron chi connectivity index (χ1n) is 6.54. The Morgan fingerprint density at radius 3 is 2.70 bits per heavy atom. The average Bonchev–Trinajstić information content (AvgIpc) is 2.85. The number of nitrogens with two attached hydrogens (primary N) is 1. The van der Waals surface area contributed by atoms with Gasteiger partial charge in [0.05, 0.1) is 18.1 Å². The van der Waals surface area contributed by atoms with E-state index in [9.17, 15) is 13.2 Å². The molecule has 0 aromatic carbocycles. The molecule has 0 aliphatic rings. The van der Waals surface area contributed by atoms with Crippen molar-refractivity contribution in [2.75, 3.05) is 12.0 Å². The molecule has 0 spiro atoms. The Balaban J connectivity index is 2.29. The van der Waals surface area contributed by atoms with Crippen LogP contribution in [-0.2, 0) is 21.1 Å². The molecule has 0 saturated carbocycles. The van der Waals surface area contributed by atoms with Gasteiger partial charge in [-0.1, -0.05) is 0 Å². The molecule has 0 saturated heterocycles. The maximum Gasteiger partial charge on any atom is 0.237 e. The van der Waals surface area contributed by atoms with Crippen molar-refractivity contribution in [1.29, 1.82) is 0 Å². The summed E-state index contributed by atoms with van der Waals surface area (Å²) in [5.41, 5.74) is 5.67. The van der Waals surface area contributed by atoms with Gasteiger partial charge in [-0.3, -0.25) is 4.79 Å². The summed E-state index contributed by atoms with van der Waals surface area (Å²) in [5, 5.41) is 2.78. The molecular weight excluding hydrogens is 280 g/mol. The number of aryl methyl sites for hydroxylation is 1. The van der Waals surface area contributed by atoms with E-state index >= 15 is 0 Å². The number of amides is 1. The number of hydrogen-bond donors (Lipinski definition) is 2. The maximum absolute atomic E-state index is 11.8. The molecule has 7 heteroatoms. The molecule has 1 amide bonds. The maximum atomic E-state index is 11.8. The van der Waals surface area contributed by atoms with Crippen LogP contribution in [0.15, 0.2) is 22.8 Å². The molecule has 0 radical (unpaired) electrons. The number of carbonyl (C=O) groups excluding carboxylic acids is 1. The number of sulfone groups is 1. The van der Waals surface area contributed by atoms with Gasteiger partial charge in [-0.15, -0.1) is 0 Å². The summed E-state index contributed by atoms with van der Waals surface area (Å²) in [4.78, 5) is 11.8. The zero-order valence-electron chi connectivity index (χ0n) is 11.8. The van der Waals surface area contributed by atoms with Crippen molar-refractivity contribution < 1.29 is 17.6 Å². The van der Waals surface area contributed by atoms with E-state index in [0.717, 1.165) is 24.9 Å². The fraction of sp³-hybridized carbons (Fsp3) is 0.615. The number of hydrogen-bond acceptors (Lipinski definition) is 5. The predicted molar refractivity (Wildman–Crippen MR) is 76.9 cm³/mol. The number of carbonyl (C=O) groups is 1. The second kappa shape index (κ2) is 7.44. The molecule has 1 aromatic rings. The SMILES string of the molecule is CC(CCc1ccco1)NC(=O)C(N)CCS(C)(=O)=O. The molecule has 0 bridgehead atoms. The summed E-state index contributed by atoms with van der Waals surface area (Å²) >= 11 is 0. The van der Waals surface area contributed by atoms with E-state index in [4.69, 9.17) is 10.2 Å².